The molecule has 2 fully saturated rings. The van der Waals surface area contributed by atoms with E-state index in [1.165, 1.54) is 51.9 Å². The van der Waals surface area contributed by atoms with Crippen molar-refractivity contribution in [1.29, 1.82) is 0 Å². The molecule has 1 aliphatic carbocycles. The first-order valence-electron chi connectivity index (χ1n) is 7.46. The van der Waals surface area contributed by atoms with Crippen molar-refractivity contribution < 1.29 is 10.4 Å². The Labute approximate surface area is 106 Å². The maximum Gasteiger partial charge on any atom is 0.0914 e. The fourth-order valence-electron chi connectivity index (χ4n) is 3.43. The van der Waals surface area contributed by atoms with Gasteiger partial charge in [0.05, 0.1) is 19.1 Å². The Morgan fingerprint density at radius 2 is 2.00 bits per heavy atom. The van der Waals surface area contributed by atoms with Gasteiger partial charge in [-0.05, 0) is 31.1 Å². The van der Waals surface area contributed by atoms with E-state index in [1.54, 1.807) is 0 Å². The third kappa shape index (κ3) is 3.94. The topological polar surface area (TPSA) is 40.1 Å². The van der Waals surface area contributed by atoms with Crippen LogP contribution in [-0.4, -0.2) is 48.8 Å². The van der Waals surface area contributed by atoms with Crippen molar-refractivity contribution in [2.45, 2.75) is 45.1 Å². The molecule has 0 bridgehead atoms. The fourth-order valence-corrected chi connectivity index (χ4v) is 3.43. The lowest BCUT2D eigenvalue weighted by Crippen LogP contribution is -2.91. The second-order valence-electron chi connectivity index (χ2n) is 6.10. The highest BCUT2D eigenvalue weighted by molar-refractivity contribution is 4.78. The van der Waals surface area contributed by atoms with Gasteiger partial charge in [-0.2, -0.15) is 0 Å². The molecule has 1 aliphatic heterocycles. The Hall–Kier alpha value is -0.120. The summed E-state index contributed by atoms with van der Waals surface area (Å²) in [4.78, 5) is 2.65. The van der Waals surface area contributed by atoms with Crippen LogP contribution in [0, 0.1) is 11.8 Å². The molecule has 1 heterocycles. The van der Waals surface area contributed by atoms with Crippen LogP contribution >= 0.6 is 0 Å². The number of nitrogens with zero attached hydrogens (tertiary/aromatic N) is 1. The molecule has 0 radical (unpaired) electrons. The van der Waals surface area contributed by atoms with Crippen LogP contribution in [-0.2, 0) is 0 Å². The number of hydrogen-bond acceptors (Lipinski definition) is 2. The molecule has 0 unspecified atom stereocenters. The van der Waals surface area contributed by atoms with E-state index in [1.807, 2.05) is 0 Å². The molecule has 3 N–H and O–H groups in total. The highest BCUT2D eigenvalue weighted by Gasteiger charge is 2.27. The van der Waals surface area contributed by atoms with E-state index >= 15 is 0 Å². The van der Waals surface area contributed by atoms with Crippen molar-refractivity contribution in [1.82, 2.24) is 4.90 Å². The molecule has 2 rings (SSSR count). The zero-order valence-corrected chi connectivity index (χ0v) is 11.3. The van der Waals surface area contributed by atoms with Gasteiger partial charge in [0.1, 0.15) is 0 Å². The van der Waals surface area contributed by atoms with Gasteiger partial charge in [0.25, 0.3) is 0 Å². The number of quaternary nitrogens is 1. The standard InChI is InChI=1S/C14H28N2O/c1-12-2-4-13(5-3-12)11-16-8-7-15-10-14(16)6-9-17/h12-15,17H,2-11H2,1H3/p+1/t12?,13?,14-/m0/s1. The average Bonchev–Trinajstić information content (AvgIpc) is 2.35. The first-order chi connectivity index (χ1) is 8.29. The maximum absolute atomic E-state index is 9.14. The van der Waals surface area contributed by atoms with Gasteiger partial charge in [-0.25, -0.2) is 0 Å². The van der Waals surface area contributed by atoms with Crippen LogP contribution in [0.2, 0.25) is 0 Å². The van der Waals surface area contributed by atoms with Gasteiger partial charge in [0, 0.05) is 19.7 Å². The van der Waals surface area contributed by atoms with Crippen LogP contribution < -0.4 is 5.32 Å². The number of aliphatic hydroxyl groups is 1. The maximum atomic E-state index is 9.14. The zero-order chi connectivity index (χ0) is 12.1. The van der Waals surface area contributed by atoms with Crippen LogP contribution in [0.1, 0.15) is 39.0 Å². The minimum Gasteiger partial charge on any atom is -0.396 e. The largest absolute Gasteiger partial charge is 0.396 e. The molecular formula is C14H29N2O+. The lowest BCUT2D eigenvalue weighted by atomic mass is 9.82. The highest BCUT2D eigenvalue weighted by Crippen LogP contribution is 2.29. The molecule has 1 atom stereocenters. The van der Waals surface area contributed by atoms with Crippen molar-refractivity contribution in [3.63, 3.8) is 0 Å². The first-order valence-corrected chi connectivity index (χ1v) is 7.46. The van der Waals surface area contributed by atoms with Gasteiger partial charge in [-0.15, -0.1) is 0 Å². The summed E-state index contributed by atoms with van der Waals surface area (Å²) < 4.78 is 0. The molecule has 0 amide bonds. The van der Waals surface area contributed by atoms with Gasteiger partial charge in [0.15, 0.2) is 0 Å². The molecule has 0 aromatic carbocycles. The van der Waals surface area contributed by atoms with E-state index < -0.39 is 0 Å². The SMILES string of the molecule is CC1CCC(CN2CC[NH2+]C[C@@H]2CCO)CC1. The number of aliphatic hydroxyl groups excluding tert-OH is 1. The molecule has 1 saturated carbocycles. The Kier molecular flexibility index (Phi) is 5.26. The molecule has 0 spiro atoms. The van der Waals surface area contributed by atoms with Crippen molar-refractivity contribution in [3.8, 4) is 0 Å². The highest BCUT2D eigenvalue weighted by atomic mass is 16.3. The number of hydrogen-bond donors (Lipinski definition) is 2. The van der Waals surface area contributed by atoms with E-state index in [9.17, 15) is 0 Å². The Balaban J connectivity index is 1.79. The number of rotatable bonds is 4. The van der Waals surface area contributed by atoms with Crippen molar-refractivity contribution in [3.05, 3.63) is 0 Å². The van der Waals surface area contributed by atoms with Crippen LogP contribution in [0.25, 0.3) is 0 Å². The number of nitrogens with two attached hydrogens (primary N) is 1. The van der Waals surface area contributed by atoms with Gasteiger partial charge in [-0.3, -0.25) is 4.90 Å². The summed E-state index contributed by atoms with van der Waals surface area (Å²) in [5.41, 5.74) is 0. The van der Waals surface area contributed by atoms with E-state index in [0.717, 1.165) is 18.3 Å². The predicted octanol–water partition coefficient (Wildman–Crippen LogP) is 0.443. The van der Waals surface area contributed by atoms with Gasteiger partial charge in [0.2, 0.25) is 0 Å². The Bertz CT molecular complexity index is 212. The first kappa shape index (κ1) is 13.3. The molecule has 100 valence electrons. The molecule has 0 aromatic rings. The summed E-state index contributed by atoms with van der Waals surface area (Å²) in [6.07, 6.45) is 6.66. The third-order valence-electron chi connectivity index (χ3n) is 4.67. The lowest BCUT2D eigenvalue weighted by Gasteiger charge is -2.37. The van der Waals surface area contributed by atoms with E-state index in [2.05, 4.69) is 17.1 Å². The Morgan fingerprint density at radius 3 is 2.71 bits per heavy atom. The molecule has 3 nitrogen and oxygen atoms in total. The smallest absolute Gasteiger partial charge is 0.0914 e. The lowest BCUT2D eigenvalue weighted by molar-refractivity contribution is -0.669. The summed E-state index contributed by atoms with van der Waals surface area (Å²) in [5.74, 6) is 1.87. The van der Waals surface area contributed by atoms with Crippen molar-refractivity contribution in [2.24, 2.45) is 11.8 Å². The Morgan fingerprint density at radius 1 is 1.24 bits per heavy atom. The second-order valence-corrected chi connectivity index (χ2v) is 6.10. The zero-order valence-electron chi connectivity index (χ0n) is 11.3. The van der Waals surface area contributed by atoms with E-state index in [0.29, 0.717) is 12.6 Å². The summed E-state index contributed by atoms with van der Waals surface area (Å²) in [6.45, 7) is 7.66. The van der Waals surface area contributed by atoms with Crippen LogP contribution in [0.5, 0.6) is 0 Å². The van der Waals surface area contributed by atoms with Crippen molar-refractivity contribution >= 4 is 0 Å². The molecular weight excluding hydrogens is 212 g/mol. The summed E-state index contributed by atoms with van der Waals surface area (Å²) in [5, 5.41) is 11.5. The molecule has 17 heavy (non-hydrogen) atoms. The second kappa shape index (κ2) is 6.72. The molecule has 2 aliphatic rings. The molecule has 1 saturated heterocycles. The third-order valence-corrected chi connectivity index (χ3v) is 4.67. The van der Waals surface area contributed by atoms with E-state index in [4.69, 9.17) is 5.11 Å². The summed E-state index contributed by atoms with van der Waals surface area (Å²) in [7, 11) is 0. The van der Waals surface area contributed by atoms with Crippen molar-refractivity contribution in [2.75, 3.05) is 32.8 Å². The molecule has 3 heteroatoms. The quantitative estimate of drug-likeness (QED) is 0.750. The normalized spacial score (nSPS) is 36.0. The van der Waals surface area contributed by atoms with Crippen LogP contribution in [0.3, 0.4) is 0 Å². The predicted molar refractivity (Wildman–Crippen MR) is 69.8 cm³/mol. The van der Waals surface area contributed by atoms with Gasteiger partial charge < -0.3 is 10.4 Å². The minimum atomic E-state index is 0.344. The van der Waals surface area contributed by atoms with Gasteiger partial charge >= 0.3 is 0 Å². The van der Waals surface area contributed by atoms with Gasteiger partial charge in [-0.1, -0.05) is 19.8 Å². The summed E-state index contributed by atoms with van der Waals surface area (Å²) in [6, 6.07) is 0.619. The number of piperazine rings is 1. The fraction of sp³-hybridized carbons (Fsp3) is 1.00. The van der Waals surface area contributed by atoms with Crippen LogP contribution in [0.4, 0.5) is 0 Å². The summed E-state index contributed by atoms with van der Waals surface area (Å²) >= 11 is 0. The molecule has 0 aromatic heterocycles. The van der Waals surface area contributed by atoms with Crippen LogP contribution in [0.15, 0.2) is 0 Å². The minimum absolute atomic E-state index is 0.344. The average molecular weight is 241 g/mol. The van der Waals surface area contributed by atoms with E-state index in [-0.39, 0.29) is 0 Å². The monoisotopic (exact) mass is 241 g/mol.